The number of ketones is 1. The van der Waals surface area contributed by atoms with E-state index in [2.05, 4.69) is 12.7 Å². The van der Waals surface area contributed by atoms with E-state index >= 15 is 0 Å². The molecule has 1 aromatic carbocycles. The van der Waals surface area contributed by atoms with Gasteiger partial charge in [-0.1, -0.05) is 77.1 Å². The van der Waals surface area contributed by atoms with Crippen LogP contribution in [0.3, 0.4) is 0 Å². The van der Waals surface area contributed by atoms with Gasteiger partial charge in [0.25, 0.3) is 0 Å². The zero-order chi connectivity index (χ0) is 20.8. The molecule has 0 spiro atoms. The molecule has 1 fully saturated rings. The largest absolute Gasteiger partial charge is 0.395 e. The van der Waals surface area contributed by atoms with E-state index < -0.39 is 12.1 Å². The van der Waals surface area contributed by atoms with Gasteiger partial charge in [0.05, 0.1) is 5.92 Å². The van der Waals surface area contributed by atoms with Crippen LogP contribution in [-0.4, -0.2) is 19.0 Å². The fourth-order valence-electron chi connectivity index (χ4n) is 2.50. The number of Topliss-reactive ketones (excluding diaryl/α,β-unsaturated/α-hetero) is 1. The lowest BCUT2D eigenvalue weighted by atomic mass is 9.91. The second kappa shape index (κ2) is 14.8. The van der Waals surface area contributed by atoms with E-state index in [4.69, 9.17) is 0 Å². The highest BCUT2D eigenvalue weighted by molar-refractivity contribution is 5.94. The Morgan fingerprint density at radius 2 is 1.46 bits per heavy atom. The molecule has 0 aliphatic heterocycles. The van der Waals surface area contributed by atoms with Crippen LogP contribution in [0.5, 0.6) is 0 Å². The van der Waals surface area contributed by atoms with Crippen molar-refractivity contribution in [2.75, 3.05) is 7.05 Å². The van der Waals surface area contributed by atoms with Crippen LogP contribution < -0.4 is 5.73 Å². The lowest BCUT2D eigenvalue weighted by Crippen LogP contribution is -2.17. The second-order valence-corrected chi connectivity index (χ2v) is 6.18. The number of carbonyl (C=O) groups excluding carboxylic acids is 1. The van der Waals surface area contributed by atoms with Crippen LogP contribution in [0.15, 0.2) is 24.3 Å². The maximum Gasteiger partial charge on any atom is 0.395 e. The molecule has 2 nitrogen and oxygen atoms in total. The highest BCUT2D eigenvalue weighted by Crippen LogP contribution is 2.34. The molecule has 2 N–H and O–H groups in total. The van der Waals surface area contributed by atoms with Gasteiger partial charge in [0.15, 0.2) is 5.78 Å². The Kier molecular flexibility index (Phi) is 15.3. The predicted molar refractivity (Wildman–Crippen MR) is 105 cm³/mol. The van der Waals surface area contributed by atoms with Crippen LogP contribution in [0.2, 0.25) is 0 Å². The van der Waals surface area contributed by atoms with Crippen LogP contribution in [0.1, 0.15) is 88.6 Å². The van der Waals surface area contributed by atoms with Crippen molar-refractivity contribution in [1.82, 2.24) is 0 Å². The Morgan fingerprint density at radius 1 is 1.04 bits per heavy atom. The van der Waals surface area contributed by atoms with Crippen LogP contribution in [-0.2, 0) is 0 Å². The summed E-state index contributed by atoms with van der Waals surface area (Å²) in [4.78, 5) is 10.9. The zero-order valence-electron chi connectivity index (χ0n) is 17.1. The van der Waals surface area contributed by atoms with Crippen LogP contribution in [0.25, 0.3) is 0 Å². The van der Waals surface area contributed by atoms with Crippen molar-refractivity contribution in [2.45, 2.75) is 78.8 Å². The number of halogens is 3. The molecular formula is C21H36F3NO. The highest BCUT2D eigenvalue weighted by Gasteiger charge is 2.36. The van der Waals surface area contributed by atoms with Crippen molar-refractivity contribution < 1.29 is 18.0 Å². The summed E-state index contributed by atoms with van der Waals surface area (Å²) in [5.74, 6) is -0.617. The summed E-state index contributed by atoms with van der Waals surface area (Å²) in [6.07, 6.45) is 3.20. The van der Waals surface area contributed by atoms with Gasteiger partial charge in [0.1, 0.15) is 0 Å². The molecule has 0 bridgehead atoms. The SMILES string of the molecule is CC.CC(=O)c1ccc(C(C)C(F)(F)F)cc1.CC1CCCCC1.CN. The molecule has 0 radical (unpaired) electrons. The first-order valence-corrected chi connectivity index (χ1v) is 9.47. The minimum absolute atomic E-state index is 0.152. The van der Waals surface area contributed by atoms with Gasteiger partial charge in [0.2, 0.25) is 0 Å². The minimum Gasteiger partial charge on any atom is -0.333 e. The number of hydrogen-bond acceptors (Lipinski definition) is 2. The van der Waals surface area contributed by atoms with E-state index in [-0.39, 0.29) is 11.3 Å². The average Bonchev–Trinajstić information content (AvgIpc) is 2.65. The van der Waals surface area contributed by atoms with E-state index in [1.54, 1.807) is 0 Å². The number of alkyl halides is 3. The third kappa shape index (κ3) is 11.3. The molecule has 2 rings (SSSR count). The van der Waals surface area contributed by atoms with Gasteiger partial charge in [0, 0.05) is 5.56 Å². The van der Waals surface area contributed by atoms with E-state index in [9.17, 15) is 18.0 Å². The normalized spacial score (nSPS) is 15.2. The Balaban J connectivity index is 0. The minimum atomic E-state index is -4.24. The van der Waals surface area contributed by atoms with Gasteiger partial charge in [-0.15, -0.1) is 0 Å². The fraction of sp³-hybridized carbons (Fsp3) is 0.667. The first kappa shape index (κ1) is 26.9. The number of carbonyl (C=O) groups is 1. The number of benzene rings is 1. The van der Waals surface area contributed by atoms with E-state index in [1.165, 1.54) is 70.3 Å². The summed E-state index contributed by atoms with van der Waals surface area (Å²) in [5, 5.41) is 0. The molecule has 1 aliphatic rings. The maximum absolute atomic E-state index is 12.3. The van der Waals surface area contributed by atoms with E-state index in [0.717, 1.165) is 12.8 Å². The lowest BCUT2D eigenvalue weighted by molar-refractivity contribution is -0.146. The zero-order valence-corrected chi connectivity index (χ0v) is 17.1. The molecule has 1 unspecified atom stereocenters. The highest BCUT2D eigenvalue weighted by atomic mass is 19.4. The first-order valence-electron chi connectivity index (χ1n) is 9.47. The third-order valence-corrected chi connectivity index (χ3v) is 4.20. The maximum atomic E-state index is 12.3. The Labute approximate surface area is 157 Å². The molecule has 5 heteroatoms. The Bertz CT molecular complexity index is 463. The smallest absolute Gasteiger partial charge is 0.333 e. The van der Waals surface area contributed by atoms with Gasteiger partial charge in [-0.25, -0.2) is 0 Å². The molecule has 1 aromatic rings. The summed E-state index contributed by atoms with van der Waals surface area (Å²) >= 11 is 0. The standard InChI is InChI=1S/C11H11F3O.C7H14.C2H6.CH5N/c1-7(11(12,13)14)9-3-5-10(6-4-9)8(2)15;1-7-5-3-2-4-6-7;2*1-2/h3-7H,1-2H3;7H,2-6H2,1H3;1-2H3;2H2,1H3. The van der Waals surface area contributed by atoms with Gasteiger partial charge in [-0.2, -0.15) is 13.2 Å². The molecule has 0 amide bonds. The van der Waals surface area contributed by atoms with Crippen molar-refractivity contribution >= 4 is 5.78 Å². The van der Waals surface area contributed by atoms with Crippen molar-refractivity contribution in [3.63, 3.8) is 0 Å². The lowest BCUT2D eigenvalue weighted by Gasteiger charge is -2.15. The van der Waals surface area contributed by atoms with Crippen molar-refractivity contribution in [1.29, 1.82) is 0 Å². The third-order valence-electron chi connectivity index (χ3n) is 4.20. The Hall–Kier alpha value is -1.36. The van der Waals surface area contributed by atoms with Crippen molar-refractivity contribution in [3.05, 3.63) is 35.4 Å². The summed E-state index contributed by atoms with van der Waals surface area (Å²) in [7, 11) is 1.50. The molecule has 0 aromatic heterocycles. The molecule has 26 heavy (non-hydrogen) atoms. The van der Waals surface area contributed by atoms with E-state index in [1.807, 2.05) is 13.8 Å². The van der Waals surface area contributed by atoms with Gasteiger partial charge >= 0.3 is 6.18 Å². The first-order chi connectivity index (χ1) is 12.2. The monoisotopic (exact) mass is 375 g/mol. The molecule has 0 heterocycles. The quantitative estimate of drug-likeness (QED) is 0.581. The Morgan fingerprint density at radius 3 is 1.73 bits per heavy atom. The molecule has 1 aliphatic carbocycles. The van der Waals surface area contributed by atoms with Crippen LogP contribution in [0, 0.1) is 5.92 Å². The average molecular weight is 376 g/mol. The molecule has 0 saturated heterocycles. The van der Waals surface area contributed by atoms with E-state index in [0.29, 0.717) is 5.56 Å². The summed E-state index contributed by atoms with van der Waals surface area (Å²) in [6.45, 7) is 8.84. The number of nitrogens with two attached hydrogens (primary N) is 1. The van der Waals surface area contributed by atoms with Crippen LogP contribution in [0.4, 0.5) is 13.2 Å². The second-order valence-electron chi connectivity index (χ2n) is 6.18. The molecular weight excluding hydrogens is 339 g/mol. The molecule has 1 atom stereocenters. The van der Waals surface area contributed by atoms with Gasteiger partial charge < -0.3 is 5.73 Å². The molecule has 1 saturated carbocycles. The van der Waals surface area contributed by atoms with Crippen molar-refractivity contribution in [2.24, 2.45) is 11.7 Å². The van der Waals surface area contributed by atoms with Gasteiger partial charge in [-0.05, 0) is 32.4 Å². The number of rotatable bonds is 2. The summed E-state index contributed by atoms with van der Waals surface area (Å²) in [6, 6.07) is 5.52. The summed E-state index contributed by atoms with van der Waals surface area (Å²) in [5.41, 5.74) is 5.10. The van der Waals surface area contributed by atoms with Gasteiger partial charge in [-0.3, -0.25) is 4.79 Å². The fourth-order valence-corrected chi connectivity index (χ4v) is 2.50. The number of hydrogen-bond donors (Lipinski definition) is 1. The summed E-state index contributed by atoms with van der Waals surface area (Å²) < 4.78 is 37.0. The molecule has 152 valence electrons. The predicted octanol–water partition coefficient (Wildman–Crippen LogP) is 6.74. The topological polar surface area (TPSA) is 43.1 Å². The van der Waals surface area contributed by atoms with Crippen molar-refractivity contribution in [3.8, 4) is 0 Å². The van der Waals surface area contributed by atoms with Crippen LogP contribution >= 0.6 is 0 Å².